The van der Waals surface area contributed by atoms with E-state index in [1.807, 2.05) is 0 Å². The zero-order valence-corrected chi connectivity index (χ0v) is 29.2. The summed E-state index contributed by atoms with van der Waals surface area (Å²) in [4.78, 5) is 0. The molecule has 0 aliphatic heterocycles. The van der Waals surface area contributed by atoms with E-state index < -0.39 is 0 Å². The molecule has 8 aromatic carbocycles. The lowest BCUT2D eigenvalue weighted by Gasteiger charge is -2.23. The number of fused-ring (bicyclic) bond motifs is 5. The summed E-state index contributed by atoms with van der Waals surface area (Å²) in [5.74, 6) is 0.536. The number of benzene rings is 8. The van der Waals surface area contributed by atoms with Gasteiger partial charge in [-0.2, -0.15) is 0 Å². The summed E-state index contributed by atoms with van der Waals surface area (Å²) in [6, 6.07) is 61.0. The van der Waals surface area contributed by atoms with Crippen molar-refractivity contribution in [2.45, 2.75) is 39.0 Å². The maximum absolute atomic E-state index is 2.43. The topological polar surface area (TPSA) is 0 Å². The molecule has 8 aromatic rings. The largest absolute Gasteiger partial charge is 0.0622 e. The van der Waals surface area contributed by atoms with E-state index >= 15 is 0 Å². The molecular formula is C50H40. The molecule has 0 saturated carbocycles. The molecular weight excluding hydrogens is 601 g/mol. The van der Waals surface area contributed by atoms with Crippen molar-refractivity contribution in [3.05, 3.63) is 180 Å². The molecule has 0 nitrogen and oxygen atoms in total. The molecule has 0 radical (unpaired) electrons. The Hall–Kier alpha value is -5.72. The molecule has 0 heteroatoms. The summed E-state index contributed by atoms with van der Waals surface area (Å²) < 4.78 is 0. The van der Waals surface area contributed by atoms with Gasteiger partial charge in [0, 0.05) is 5.41 Å². The Morgan fingerprint density at radius 1 is 0.360 bits per heavy atom. The first-order valence-electron chi connectivity index (χ1n) is 17.9. The second-order valence-corrected chi connectivity index (χ2v) is 14.7. The average molecular weight is 641 g/mol. The fourth-order valence-corrected chi connectivity index (χ4v) is 8.34. The van der Waals surface area contributed by atoms with Crippen molar-refractivity contribution in [1.82, 2.24) is 0 Å². The smallest absolute Gasteiger partial charge is 0.0159 e. The van der Waals surface area contributed by atoms with E-state index in [4.69, 9.17) is 0 Å². The number of hydrogen-bond donors (Lipinski definition) is 0. The fourth-order valence-electron chi connectivity index (χ4n) is 8.34. The van der Waals surface area contributed by atoms with Crippen LogP contribution in [0.5, 0.6) is 0 Å². The monoisotopic (exact) mass is 640 g/mol. The van der Waals surface area contributed by atoms with E-state index in [1.54, 1.807) is 0 Å². The van der Waals surface area contributed by atoms with Crippen molar-refractivity contribution in [1.29, 1.82) is 0 Å². The van der Waals surface area contributed by atoms with Crippen molar-refractivity contribution in [3.63, 3.8) is 0 Å². The molecule has 9 rings (SSSR count). The zero-order chi connectivity index (χ0) is 34.0. The number of hydrogen-bond acceptors (Lipinski definition) is 0. The summed E-state index contributed by atoms with van der Waals surface area (Å²) in [5, 5.41) is 5.13. The van der Waals surface area contributed by atoms with E-state index in [1.165, 1.54) is 93.9 Å². The highest BCUT2D eigenvalue weighted by Crippen LogP contribution is 2.51. The molecule has 1 aliphatic carbocycles. The van der Waals surface area contributed by atoms with Gasteiger partial charge in [0.2, 0.25) is 0 Å². The van der Waals surface area contributed by atoms with E-state index in [0.717, 1.165) is 0 Å². The van der Waals surface area contributed by atoms with Crippen LogP contribution < -0.4 is 0 Å². The van der Waals surface area contributed by atoms with Crippen molar-refractivity contribution in [2.24, 2.45) is 0 Å². The van der Waals surface area contributed by atoms with Gasteiger partial charge in [0.1, 0.15) is 0 Å². The third kappa shape index (κ3) is 4.82. The lowest BCUT2D eigenvalue weighted by Crippen LogP contribution is -2.15. The van der Waals surface area contributed by atoms with Gasteiger partial charge in [0.05, 0.1) is 0 Å². The molecule has 0 aromatic heterocycles. The summed E-state index contributed by atoms with van der Waals surface area (Å²) in [7, 11) is 0. The molecule has 0 atom stereocenters. The maximum Gasteiger partial charge on any atom is 0.0159 e. The van der Waals surface area contributed by atoms with Crippen LogP contribution in [-0.4, -0.2) is 0 Å². The minimum absolute atomic E-state index is 0.0904. The third-order valence-electron chi connectivity index (χ3n) is 11.1. The van der Waals surface area contributed by atoms with Crippen LogP contribution in [-0.2, 0) is 5.41 Å². The normalized spacial score (nSPS) is 13.1. The van der Waals surface area contributed by atoms with Crippen LogP contribution in [0, 0.1) is 0 Å². The van der Waals surface area contributed by atoms with Crippen LogP contribution in [0.25, 0.3) is 77.2 Å². The van der Waals surface area contributed by atoms with Crippen LogP contribution in [0.1, 0.15) is 50.3 Å². The SMILES string of the molecule is CC(C)c1ccc(-c2ccc3c(c2)C(C)(C)c2cc(-c4ccc(-c5c6ccccc6c(-c6ccccc6)c6ccccc56)cc4)ccc2-3)cc1. The highest BCUT2D eigenvalue weighted by molar-refractivity contribution is 6.21. The molecule has 0 amide bonds. The first-order valence-corrected chi connectivity index (χ1v) is 17.9. The van der Waals surface area contributed by atoms with Gasteiger partial charge in [0.15, 0.2) is 0 Å². The van der Waals surface area contributed by atoms with Gasteiger partial charge < -0.3 is 0 Å². The highest BCUT2D eigenvalue weighted by Gasteiger charge is 2.36. The Bertz CT molecular complexity index is 2490. The van der Waals surface area contributed by atoms with Crippen molar-refractivity contribution in [2.75, 3.05) is 0 Å². The Morgan fingerprint density at radius 2 is 0.720 bits per heavy atom. The Labute approximate surface area is 295 Å². The standard InChI is InChI=1S/C50H40/c1-32(2)33-18-20-34(21-19-33)38-26-28-40-41-29-27-39(31-47(41)50(3,4)46(40)30-38)35-22-24-37(25-23-35)49-44-16-10-8-14-42(44)48(36-12-6-5-7-13-36)43-15-9-11-17-45(43)49/h5-32H,1-4H3. The van der Waals surface area contributed by atoms with Gasteiger partial charge in [-0.05, 0) is 112 Å². The highest BCUT2D eigenvalue weighted by atomic mass is 14.4. The first kappa shape index (κ1) is 30.3. The van der Waals surface area contributed by atoms with Gasteiger partial charge in [-0.1, -0.05) is 179 Å². The summed E-state index contributed by atoms with van der Waals surface area (Å²) in [5.41, 5.74) is 16.9. The van der Waals surface area contributed by atoms with Crippen LogP contribution in [0.3, 0.4) is 0 Å². The number of rotatable bonds is 5. The van der Waals surface area contributed by atoms with Gasteiger partial charge >= 0.3 is 0 Å². The molecule has 0 bridgehead atoms. The van der Waals surface area contributed by atoms with Crippen molar-refractivity contribution >= 4 is 21.5 Å². The first-order chi connectivity index (χ1) is 24.4. The molecule has 0 heterocycles. The lowest BCUT2D eigenvalue weighted by atomic mass is 9.80. The summed E-state index contributed by atoms with van der Waals surface area (Å²) >= 11 is 0. The Morgan fingerprint density at radius 3 is 1.16 bits per heavy atom. The predicted molar refractivity (Wildman–Crippen MR) is 215 cm³/mol. The zero-order valence-electron chi connectivity index (χ0n) is 29.2. The van der Waals surface area contributed by atoms with Crippen LogP contribution in [0.2, 0.25) is 0 Å². The predicted octanol–water partition coefficient (Wildman–Crippen LogP) is 14.1. The molecule has 0 saturated heterocycles. The molecule has 0 fully saturated rings. The molecule has 0 N–H and O–H groups in total. The Balaban J connectivity index is 1.10. The van der Waals surface area contributed by atoms with E-state index in [9.17, 15) is 0 Å². The maximum atomic E-state index is 2.43. The van der Waals surface area contributed by atoms with Gasteiger partial charge in [-0.15, -0.1) is 0 Å². The Kier molecular flexibility index (Phi) is 7.11. The van der Waals surface area contributed by atoms with Crippen molar-refractivity contribution in [3.8, 4) is 55.6 Å². The summed E-state index contributed by atoms with van der Waals surface area (Å²) in [6.07, 6.45) is 0. The minimum atomic E-state index is -0.0904. The van der Waals surface area contributed by atoms with Gasteiger partial charge in [0.25, 0.3) is 0 Å². The van der Waals surface area contributed by atoms with E-state index in [0.29, 0.717) is 5.92 Å². The fraction of sp³-hybridized carbons (Fsp3) is 0.120. The van der Waals surface area contributed by atoms with Crippen LogP contribution in [0.15, 0.2) is 164 Å². The van der Waals surface area contributed by atoms with Gasteiger partial charge in [-0.3, -0.25) is 0 Å². The molecule has 0 unspecified atom stereocenters. The molecule has 50 heavy (non-hydrogen) atoms. The van der Waals surface area contributed by atoms with E-state index in [2.05, 4.69) is 191 Å². The second-order valence-electron chi connectivity index (χ2n) is 14.7. The second kappa shape index (κ2) is 11.7. The minimum Gasteiger partial charge on any atom is -0.0622 e. The summed E-state index contributed by atoms with van der Waals surface area (Å²) in [6.45, 7) is 9.26. The lowest BCUT2D eigenvalue weighted by molar-refractivity contribution is 0.661. The van der Waals surface area contributed by atoms with Crippen LogP contribution in [0.4, 0.5) is 0 Å². The third-order valence-corrected chi connectivity index (χ3v) is 11.1. The van der Waals surface area contributed by atoms with Crippen LogP contribution >= 0.6 is 0 Å². The van der Waals surface area contributed by atoms with Gasteiger partial charge in [-0.25, -0.2) is 0 Å². The molecule has 240 valence electrons. The average Bonchev–Trinajstić information content (AvgIpc) is 3.39. The van der Waals surface area contributed by atoms with Crippen molar-refractivity contribution < 1.29 is 0 Å². The quantitative estimate of drug-likeness (QED) is 0.164. The van der Waals surface area contributed by atoms with E-state index in [-0.39, 0.29) is 5.41 Å². The molecule has 0 spiro atoms. The molecule has 1 aliphatic rings.